The first-order valence-electron chi connectivity index (χ1n) is 10.6. The lowest BCUT2D eigenvalue weighted by Crippen LogP contribution is -3.14. The summed E-state index contributed by atoms with van der Waals surface area (Å²) in [7, 11) is 1.71. The van der Waals surface area contributed by atoms with Crippen LogP contribution in [0.3, 0.4) is 0 Å². The van der Waals surface area contributed by atoms with Gasteiger partial charge in [0.25, 0.3) is 0 Å². The Labute approximate surface area is 182 Å². The highest BCUT2D eigenvalue weighted by Gasteiger charge is 2.14. The monoisotopic (exact) mass is 424 g/mol. The standard InChI is InChI=1S/C24H29N3O2S/c1-28-22-10-5-9-21(17-22)23-19-30-24(25-18-20-7-3-2-4-8-20)27(23)12-6-11-26-13-15-29-16-14-26/h2-5,7-10,17,19H,6,11-16,18H2,1H3/p+1. The van der Waals surface area contributed by atoms with Gasteiger partial charge in [0.2, 0.25) is 0 Å². The van der Waals surface area contributed by atoms with Crippen LogP contribution in [0.2, 0.25) is 0 Å². The minimum Gasteiger partial charge on any atom is -0.497 e. The van der Waals surface area contributed by atoms with Gasteiger partial charge in [0, 0.05) is 23.9 Å². The molecule has 0 aliphatic carbocycles. The average molecular weight is 425 g/mol. The highest BCUT2D eigenvalue weighted by atomic mass is 32.1. The van der Waals surface area contributed by atoms with Crippen molar-refractivity contribution in [2.45, 2.75) is 19.5 Å². The third-order valence-electron chi connectivity index (χ3n) is 5.51. The minimum atomic E-state index is 0.702. The van der Waals surface area contributed by atoms with Crippen LogP contribution in [0.1, 0.15) is 12.0 Å². The van der Waals surface area contributed by atoms with Gasteiger partial charge < -0.3 is 18.9 Å². The predicted octanol–water partition coefficient (Wildman–Crippen LogP) is 2.63. The fourth-order valence-electron chi connectivity index (χ4n) is 3.82. The lowest BCUT2D eigenvalue weighted by Gasteiger charge is -2.23. The summed E-state index contributed by atoms with van der Waals surface area (Å²) < 4.78 is 13.3. The molecular weight excluding hydrogens is 394 g/mol. The zero-order chi connectivity index (χ0) is 20.6. The predicted molar refractivity (Wildman–Crippen MR) is 121 cm³/mol. The smallest absolute Gasteiger partial charge is 0.185 e. The second-order valence-corrected chi connectivity index (χ2v) is 8.39. The number of quaternary nitrogens is 1. The maximum atomic E-state index is 5.49. The summed E-state index contributed by atoms with van der Waals surface area (Å²) in [5.74, 6) is 0.880. The molecule has 1 aliphatic heterocycles. The summed E-state index contributed by atoms with van der Waals surface area (Å²) >= 11 is 1.72. The Balaban J connectivity index is 1.58. The molecule has 30 heavy (non-hydrogen) atoms. The van der Waals surface area contributed by atoms with Crippen molar-refractivity contribution in [3.05, 3.63) is 70.3 Å². The molecule has 0 spiro atoms. The first-order chi connectivity index (χ1) is 14.8. The number of nitrogens with one attached hydrogen (secondary N) is 1. The second kappa shape index (κ2) is 10.6. The zero-order valence-corrected chi connectivity index (χ0v) is 18.4. The molecule has 0 saturated carbocycles. The van der Waals surface area contributed by atoms with E-state index in [4.69, 9.17) is 14.5 Å². The molecule has 3 aromatic rings. The van der Waals surface area contributed by atoms with E-state index in [-0.39, 0.29) is 0 Å². The average Bonchev–Trinajstić information content (AvgIpc) is 3.22. The van der Waals surface area contributed by atoms with Crippen molar-refractivity contribution in [2.24, 2.45) is 4.99 Å². The summed E-state index contributed by atoms with van der Waals surface area (Å²) in [6.45, 7) is 6.83. The Morgan fingerprint density at radius 2 is 1.93 bits per heavy atom. The van der Waals surface area contributed by atoms with Crippen LogP contribution in [0.5, 0.6) is 5.75 Å². The van der Waals surface area contributed by atoms with Crippen molar-refractivity contribution in [1.82, 2.24) is 4.57 Å². The Hall–Kier alpha value is -2.41. The fourth-order valence-corrected chi connectivity index (χ4v) is 4.76. The molecule has 1 fully saturated rings. The molecule has 0 bridgehead atoms. The summed E-state index contributed by atoms with van der Waals surface area (Å²) in [5.41, 5.74) is 3.62. The fraction of sp³-hybridized carbons (Fsp3) is 0.375. The number of rotatable bonds is 8. The molecule has 0 atom stereocenters. The van der Waals surface area contributed by atoms with Crippen molar-refractivity contribution < 1.29 is 14.4 Å². The molecule has 1 aliphatic rings. The molecule has 5 nitrogen and oxygen atoms in total. The second-order valence-electron chi connectivity index (χ2n) is 7.55. The Morgan fingerprint density at radius 3 is 2.73 bits per heavy atom. The maximum Gasteiger partial charge on any atom is 0.185 e. The lowest BCUT2D eigenvalue weighted by atomic mass is 10.1. The van der Waals surface area contributed by atoms with E-state index in [9.17, 15) is 0 Å². The van der Waals surface area contributed by atoms with Gasteiger partial charge in [-0.2, -0.15) is 0 Å². The topological polar surface area (TPSA) is 40.2 Å². The normalized spacial score (nSPS) is 15.4. The number of aromatic nitrogens is 1. The van der Waals surface area contributed by atoms with E-state index in [1.54, 1.807) is 23.3 Å². The molecule has 0 unspecified atom stereocenters. The van der Waals surface area contributed by atoms with Crippen molar-refractivity contribution >= 4 is 11.3 Å². The molecule has 1 aromatic heterocycles. The summed E-state index contributed by atoms with van der Waals surface area (Å²) in [6.07, 6.45) is 1.13. The maximum absolute atomic E-state index is 5.49. The van der Waals surface area contributed by atoms with Crippen LogP contribution in [0.25, 0.3) is 11.3 Å². The summed E-state index contributed by atoms with van der Waals surface area (Å²) in [4.78, 5) is 7.67. The van der Waals surface area contributed by atoms with Crippen molar-refractivity contribution in [1.29, 1.82) is 0 Å². The number of nitrogens with zero attached hydrogens (tertiary/aromatic N) is 2. The number of methoxy groups -OCH3 is 1. The number of hydrogen-bond acceptors (Lipinski definition) is 4. The quantitative estimate of drug-likeness (QED) is 0.604. The highest BCUT2D eigenvalue weighted by Crippen LogP contribution is 2.24. The van der Waals surface area contributed by atoms with E-state index in [1.165, 1.54) is 23.4 Å². The SMILES string of the molecule is COc1cccc(-c2csc(=NCc3ccccc3)n2CCC[NH+]2CCOCC2)c1. The van der Waals surface area contributed by atoms with E-state index in [1.807, 2.05) is 12.1 Å². The van der Waals surface area contributed by atoms with Gasteiger partial charge in [0.15, 0.2) is 4.80 Å². The van der Waals surface area contributed by atoms with Crippen LogP contribution in [0, 0.1) is 0 Å². The van der Waals surface area contributed by atoms with E-state index in [2.05, 4.69) is 52.4 Å². The van der Waals surface area contributed by atoms with E-state index >= 15 is 0 Å². The minimum absolute atomic E-state index is 0.702. The third-order valence-corrected chi connectivity index (χ3v) is 6.42. The van der Waals surface area contributed by atoms with Crippen molar-refractivity contribution in [3.63, 3.8) is 0 Å². The number of ether oxygens (including phenoxy) is 2. The van der Waals surface area contributed by atoms with E-state index in [0.717, 1.165) is 49.8 Å². The molecule has 6 heteroatoms. The molecule has 2 heterocycles. The largest absolute Gasteiger partial charge is 0.497 e. The van der Waals surface area contributed by atoms with Gasteiger partial charge in [-0.1, -0.05) is 42.5 Å². The summed E-state index contributed by atoms with van der Waals surface area (Å²) in [6, 6.07) is 18.7. The molecular formula is C24H30N3O2S+. The number of morpholine rings is 1. The number of hydrogen-bond donors (Lipinski definition) is 1. The molecule has 1 saturated heterocycles. The first-order valence-corrected chi connectivity index (χ1v) is 11.5. The number of thiazole rings is 1. The van der Waals surface area contributed by atoms with Gasteiger partial charge in [-0.25, -0.2) is 0 Å². The van der Waals surface area contributed by atoms with Gasteiger partial charge in [-0.3, -0.25) is 4.99 Å². The Morgan fingerprint density at radius 1 is 1.10 bits per heavy atom. The Bertz CT molecular complexity index is 991. The van der Waals surface area contributed by atoms with Gasteiger partial charge >= 0.3 is 0 Å². The van der Waals surface area contributed by atoms with E-state index < -0.39 is 0 Å². The molecule has 1 N–H and O–H groups in total. The van der Waals surface area contributed by atoms with Gasteiger partial charge in [0.05, 0.1) is 39.1 Å². The van der Waals surface area contributed by atoms with Gasteiger partial charge in [0.1, 0.15) is 18.8 Å². The van der Waals surface area contributed by atoms with Crippen molar-refractivity contribution in [3.8, 4) is 17.0 Å². The van der Waals surface area contributed by atoms with E-state index in [0.29, 0.717) is 6.54 Å². The molecule has 2 aromatic carbocycles. The number of benzene rings is 2. The van der Waals surface area contributed by atoms with Crippen molar-refractivity contribution in [2.75, 3.05) is 40.0 Å². The zero-order valence-electron chi connectivity index (χ0n) is 17.5. The molecule has 0 radical (unpaired) electrons. The summed E-state index contributed by atoms with van der Waals surface area (Å²) in [5, 5.41) is 2.22. The third kappa shape index (κ3) is 5.39. The molecule has 158 valence electrons. The Kier molecular flexibility index (Phi) is 7.34. The highest BCUT2D eigenvalue weighted by molar-refractivity contribution is 7.07. The van der Waals surface area contributed by atoms with Gasteiger partial charge in [-0.05, 0) is 17.7 Å². The van der Waals surface area contributed by atoms with Crippen LogP contribution in [0.4, 0.5) is 0 Å². The van der Waals surface area contributed by atoms with Gasteiger partial charge in [-0.15, -0.1) is 11.3 Å². The van der Waals surface area contributed by atoms with Crippen LogP contribution in [0.15, 0.2) is 65.0 Å². The van der Waals surface area contributed by atoms with Crippen LogP contribution < -0.4 is 14.4 Å². The van der Waals surface area contributed by atoms with Crippen LogP contribution in [-0.4, -0.2) is 44.5 Å². The molecule has 0 amide bonds. The van der Waals surface area contributed by atoms with Crippen LogP contribution in [-0.2, 0) is 17.8 Å². The van der Waals surface area contributed by atoms with Crippen LogP contribution >= 0.6 is 11.3 Å². The first kappa shape index (κ1) is 20.8. The lowest BCUT2D eigenvalue weighted by molar-refractivity contribution is -0.908. The molecule has 4 rings (SSSR count).